The maximum Gasteiger partial charge on any atom is 0.161 e. The van der Waals surface area contributed by atoms with Gasteiger partial charge in [-0.2, -0.15) is 5.26 Å². The van der Waals surface area contributed by atoms with E-state index < -0.39 is 11.6 Å². The van der Waals surface area contributed by atoms with Crippen molar-refractivity contribution in [1.29, 1.82) is 5.26 Å². The number of hydrogen-bond acceptors (Lipinski definition) is 6. The molecule has 0 aromatic heterocycles. The van der Waals surface area contributed by atoms with Crippen molar-refractivity contribution in [2.75, 3.05) is 30.6 Å². The molecule has 26 heavy (non-hydrogen) atoms. The van der Waals surface area contributed by atoms with Crippen molar-refractivity contribution >= 4 is 11.4 Å². The molecule has 2 aromatic carbocycles. The van der Waals surface area contributed by atoms with Gasteiger partial charge in [-0.25, -0.2) is 13.8 Å². The van der Waals surface area contributed by atoms with Crippen LogP contribution in [0.4, 0.5) is 20.2 Å². The monoisotopic (exact) mass is 363 g/mol. The lowest BCUT2D eigenvalue weighted by Crippen LogP contribution is -2.21. The summed E-state index contributed by atoms with van der Waals surface area (Å²) in [5.41, 5.74) is 0.340. The van der Waals surface area contributed by atoms with Crippen LogP contribution in [0.25, 0.3) is 0 Å². The Morgan fingerprint density at radius 2 is 2.00 bits per heavy atom. The quantitative estimate of drug-likeness (QED) is 0.550. The first-order valence-electron chi connectivity index (χ1n) is 7.86. The number of nitrogens with zero attached hydrogens (tertiary/aromatic N) is 2. The summed E-state index contributed by atoms with van der Waals surface area (Å²) in [4.78, 5) is 0. The Morgan fingerprint density at radius 3 is 2.65 bits per heavy atom. The first-order chi connectivity index (χ1) is 12.5. The van der Waals surface area contributed by atoms with Gasteiger partial charge in [0.05, 0.1) is 32.0 Å². The molecule has 6 nitrogen and oxygen atoms in total. The Bertz CT molecular complexity index is 809. The number of methoxy groups -OCH3 is 1. The van der Waals surface area contributed by atoms with Crippen LogP contribution in [-0.4, -0.2) is 25.5 Å². The molecule has 0 unspecified atom stereocenters. The zero-order valence-corrected chi connectivity index (χ0v) is 14.4. The number of anilines is 2. The van der Waals surface area contributed by atoms with Gasteiger partial charge in [-0.05, 0) is 30.7 Å². The minimum atomic E-state index is -0.952. The van der Waals surface area contributed by atoms with E-state index in [9.17, 15) is 14.0 Å². The van der Waals surface area contributed by atoms with Crippen LogP contribution in [0.1, 0.15) is 12.5 Å². The number of rotatable bonds is 8. The first-order valence-corrected chi connectivity index (χ1v) is 7.86. The summed E-state index contributed by atoms with van der Waals surface area (Å²) >= 11 is 0. The molecule has 8 heteroatoms. The fraction of sp³-hybridized carbons (Fsp3) is 0.278. The SMILES string of the molecule is CCOc1cc(CN(O)c2c(F)cc(F)cc2NCC#N)ccc1OC. The van der Waals surface area contributed by atoms with Crippen molar-refractivity contribution in [2.45, 2.75) is 13.5 Å². The van der Waals surface area contributed by atoms with Gasteiger partial charge in [0.25, 0.3) is 0 Å². The Hall–Kier alpha value is -3.05. The average Bonchev–Trinajstić information content (AvgIpc) is 2.59. The topological polar surface area (TPSA) is 77.8 Å². The molecule has 0 amide bonds. The lowest BCUT2D eigenvalue weighted by molar-refractivity contribution is 0.246. The van der Waals surface area contributed by atoms with E-state index in [2.05, 4.69) is 5.32 Å². The molecular weight excluding hydrogens is 344 g/mol. The molecule has 0 atom stereocenters. The Kier molecular flexibility index (Phi) is 6.58. The highest BCUT2D eigenvalue weighted by Crippen LogP contribution is 2.32. The molecule has 0 fully saturated rings. The van der Waals surface area contributed by atoms with Crippen molar-refractivity contribution in [1.82, 2.24) is 0 Å². The van der Waals surface area contributed by atoms with E-state index in [1.807, 2.05) is 13.0 Å². The fourth-order valence-electron chi connectivity index (χ4n) is 2.44. The number of nitrogens with one attached hydrogen (secondary N) is 1. The van der Waals surface area contributed by atoms with Crippen LogP contribution in [0.3, 0.4) is 0 Å². The van der Waals surface area contributed by atoms with Gasteiger partial charge in [0.1, 0.15) is 18.0 Å². The van der Waals surface area contributed by atoms with Crippen LogP contribution in [-0.2, 0) is 6.54 Å². The minimum Gasteiger partial charge on any atom is -0.493 e. The van der Waals surface area contributed by atoms with Gasteiger partial charge in [-0.3, -0.25) is 5.21 Å². The number of halogens is 2. The van der Waals surface area contributed by atoms with Gasteiger partial charge < -0.3 is 14.8 Å². The molecule has 138 valence electrons. The Morgan fingerprint density at radius 1 is 1.23 bits per heavy atom. The molecule has 2 rings (SSSR count). The number of hydrogen-bond donors (Lipinski definition) is 2. The summed E-state index contributed by atoms with van der Waals surface area (Å²) in [7, 11) is 1.51. The second-order valence-corrected chi connectivity index (χ2v) is 5.27. The van der Waals surface area contributed by atoms with Gasteiger partial charge in [0, 0.05) is 6.07 Å². The Balaban J connectivity index is 2.31. The van der Waals surface area contributed by atoms with Crippen molar-refractivity contribution in [2.24, 2.45) is 0 Å². The molecule has 0 radical (unpaired) electrons. The third kappa shape index (κ3) is 4.52. The molecule has 0 saturated carbocycles. The highest BCUT2D eigenvalue weighted by atomic mass is 19.1. The van der Waals surface area contributed by atoms with E-state index in [0.717, 1.165) is 6.07 Å². The van der Waals surface area contributed by atoms with E-state index in [0.29, 0.717) is 34.8 Å². The molecule has 0 aliphatic carbocycles. The maximum absolute atomic E-state index is 14.2. The lowest BCUT2D eigenvalue weighted by Gasteiger charge is -2.22. The molecule has 0 saturated heterocycles. The predicted octanol–water partition coefficient (Wildman–Crippen LogP) is 3.70. The smallest absolute Gasteiger partial charge is 0.161 e. The van der Waals surface area contributed by atoms with Gasteiger partial charge in [0.2, 0.25) is 0 Å². The highest BCUT2D eigenvalue weighted by Gasteiger charge is 2.18. The molecule has 2 aromatic rings. The lowest BCUT2D eigenvalue weighted by atomic mass is 10.1. The molecule has 0 bridgehead atoms. The van der Waals surface area contributed by atoms with Crippen LogP contribution in [0.5, 0.6) is 11.5 Å². The van der Waals surface area contributed by atoms with Gasteiger partial charge in [0.15, 0.2) is 17.3 Å². The van der Waals surface area contributed by atoms with E-state index in [1.165, 1.54) is 7.11 Å². The summed E-state index contributed by atoms with van der Waals surface area (Å²) in [6.45, 7) is 2.00. The predicted molar refractivity (Wildman–Crippen MR) is 92.6 cm³/mol. The molecule has 0 aliphatic heterocycles. The normalized spacial score (nSPS) is 10.2. The largest absolute Gasteiger partial charge is 0.493 e. The van der Waals surface area contributed by atoms with Crippen molar-refractivity contribution < 1.29 is 23.5 Å². The summed E-state index contributed by atoms with van der Waals surface area (Å²) in [5.74, 6) is -0.748. The summed E-state index contributed by atoms with van der Waals surface area (Å²) in [5, 5.41) is 22.2. The van der Waals surface area contributed by atoms with E-state index in [1.54, 1.807) is 18.2 Å². The molecule has 0 heterocycles. The second kappa shape index (κ2) is 8.87. The van der Waals surface area contributed by atoms with Crippen LogP contribution >= 0.6 is 0 Å². The molecule has 0 spiro atoms. The zero-order chi connectivity index (χ0) is 19.1. The van der Waals surface area contributed by atoms with Crippen LogP contribution < -0.4 is 19.9 Å². The van der Waals surface area contributed by atoms with Crippen LogP contribution in [0, 0.1) is 23.0 Å². The summed E-state index contributed by atoms with van der Waals surface area (Å²) in [6.07, 6.45) is 0. The van der Waals surface area contributed by atoms with E-state index >= 15 is 0 Å². The molecular formula is C18H19F2N3O3. The van der Waals surface area contributed by atoms with Gasteiger partial charge in [-0.1, -0.05) is 6.07 Å². The number of ether oxygens (including phenoxy) is 2. The third-order valence-corrected chi connectivity index (χ3v) is 3.50. The number of hydroxylamine groups is 1. The van der Waals surface area contributed by atoms with E-state index in [-0.39, 0.29) is 24.5 Å². The minimum absolute atomic E-state index is 0.0231. The van der Waals surface area contributed by atoms with Crippen molar-refractivity contribution in [3.63, 3.8) is 0 Å². The Labute approximate surface area is 150 Å². The molecule has 0 aliphatic rings. The summed E-state index contributed by atoms with van der Waals surface area (Å²) in [6, 6.07) is 8.52. The third-order valence-electron chi connectivity index (χ3n) is 3.50. The maximum atomic E-state index is 14.2. The van der Waals surface area contributed by atoms with Crippen LogP contribution in [0.2, 0.25) is 0 Å². The summed E-state index contributed by atoms with van der Waals surface area (Å²) < 4.78 is 38.3. The highest BCUT2D eigenvalue weighted by molar-refractivity contribution is 5.70. The number of benzene rings is 2. The van der Waals surface area contributed by atoms with Crippen LogP contribution in [0.15, 0.2) is 30.3 Å². The van der Waals surface area contributed by atoms with Crippen molar-refractivity contribution in [3.8, 4) is 17.6 Å². The average molecular weight is 363 g/mol. The number of nitriles is 1. The van der Waals surface area contributed by atoms with Crippen molar-refractivity contribution in [3.05, 3.63) is 47.5 Å². The van der Waals surface area contributed by atoms with Gasteiger partial charge >= 0.3 is 0 Å². The fourth-order valence-corrected chi connectivity index (χ4v) is 2.44. The standard InChI is InChI=1S/C18H19F2N3O3/c1-3-26-17-8-12(4-5-16(17)25-2)11-23(24)18-14(20)9-13(19)10-15(18)22-7-6-21/h4-5,8-10,22,24H,3,7,11H2,1-2H3. The zero-order valence-electron chi connectivity index (χ0n) is 14.4. The first kappa shape index (κ1) is 19.3. The van der Waals surface area contributed by atoms with E-state index in [4.69, 9.17) is 14.7 Å². The molecule has 2 N–H and O–H groups in total. The van der Waals surface area contributed by atoms with Gasteiger partial charge in [-0.15, -0.1) is 0 Å². The second-order valence-electron chi connectivity index (χ2n) is 5.27.